The molecule has 2 rings (SSSR count). The number of benzene rings is 1. The first-order valence-electron chi connectivity index (χ1n) is 7.29. The highest BCUT2D eigenvalue weighted by molar-refractivity contribution is 8.00. The lowest BCUT2D eigenvalue weighted by atomic mass is 10.2. The maximum Gasteiger partial charge on any atom is 0.233 e. The number of carbonyl (C=O) groups is 1. The molecule has 1 heterocycles. The highest BCUT2D eigenvalue weighted by Gasteiger charge is 2.20. The van der Waals surface area contributed by atoms with Gasteiger partial charge in [-0.2, -0.15) is 0 Å². The van der Waals surface area contributed by atoms with Crippen LogP contribution in [0.15, 0.2) is 29.4 Å². The third kappa shape index (κ3) is 4.62. The van der Waals surface area contributed by atoms with E-state index in [9.17, 15) is 4.79 Å². The summed E-state index contributed by atoms with van der Waals surface area (Å²) in [5.41, 5.74) is 0.774. The lowest BCUT2D eigenvalue weighted by Gasteiger charge is -2.12. The Morgan fingerprint density at radius 1 is 1.39 bits per heavy atom. The maximum atomic E-state index is 12.0. The zero-order valence-corrected chi connectivity index (χ0v) is 14.9. The fraction of sp³-hybridized carbons (Fsp3) is 0.400. The van der Waals surface area contributed by atoms with Gasteiger partial charge >= 0.3 is 0 Å². The second-order valence-corrected chi connectivity index (χ2v) is 7.33. The molecule has 0 unspecified atom stereocenters. The fourth-order valence-electron chi connectivity index (χ4n) is 1.84. The zero-order valence-electron chi connectivity index (χ0n) is 13.3. The van der Waals surface area contributed by atoms with E-state index in [2.05, 4.69) is 15.5 Å². The smallest absolute Gasteiger partial charge is 0.233 e. The molecule has 0 aliphatic heterocycles. The Bertz CT molecular complexity index is 688. The van der Waals surface area contributed by atoms with Crippen molar-refractivity contribution in [1.82, 2.24) is 20.2 Å². The first kappa shape index (κ1) is 17.6. The predicted molar refractivity (Wildman–Crippen MR) is 93.8 cm³/mol. The molecule has 0 fully saturated rings. The first-order valence-corrected chi connectivity index (χ1v) is 8.55. The minimum absolute atomic E-state index is 0.0454. The van der Waals surface area contributed by atoms with Crippen molar-refractivity contribution in [3.63, 3.8) is 0 Å². The molecule has 0 spiro atoms. The Labute approximate surface area is 144 Å². The number of amides is 1. The van der Waals surface area contributed by atoms with Crippen molar-refractivity contribution in [1.29, 1.82) is 0 Å². The minimum Gasteiger partial charge on any atom is -0.355 e. The van der Waals surface area contributed by atoms with Crippen LogP contribution in [0.25, 0.3) is 11.4 Å². The second kappa shape index (κ2) is 7.70. The summed E-state index contributed by atoms with van der Waals surface area (Å²) in [6.07, 6.45) is 0. The Morgan fingerprint density at radius 2 is 2.13 bits per heavy atom. The fourth-order valence-corrected chi connectivity index (χ4v) is 2.83. The van der Waals surface area contributed by atoms with Crippen LogP contribution in [-0.2, 0) is 4.79 Å². The minimum atomic E-state index is -0.313. The van der Waals surface area contributed by atoms with Crippen LogP contribution in [0.3, 0.4) is 0 Å². The summed E-state index contributed by atoms with van der Waals surface area (Å²) < 4.78 is 1.38. The van der Waals surface area contributed by atoms with Crippen LogP contribution in [0, 0.1) is 5.92 Å². The molecular weight excluding hydrogens is 334 g/mol. The highest BCUT2D eigenvalue weighted by Crippen LogP contribution is 2.26. The molecule has 8 heteroatoms. The van der Waals surface area contributed by atoms with Crippen molar-refractivity contribution in [2.75, 3.05) is 12.4 Å². The van der Waals surface area contributed by atoms with E-state index in [1.165, 1.54) is 16.4 Å². The molecule has 0 bridgehead atoms. The van der Waals surface area contributed by atoms with Crippen molar-refractivity contribution in [3.05, 3.63) is 29.3 Å². The SMILES string of the molecule is CC(C)CNC(=O)[C@H](C)Sc1nnc(-c2cccc(Cl)c2)n1N. The predicted octanol–water partition coefficient (Wildman–Crippen LogP) is 2.57. The van der Waals surface area contributed by atoms with Gasteiger partial charge in [0.05, 0.1) is 5.25 Å². The molecule has 2 aromatic rings. The lowest BCUT2D eigenvalue weighted by molar-refractivity contribution is -0.120. The monoisotopic (exact) mass is 353 g/mol. The normalized spacial score (nSPS) is 12.4. The standard InChI is InChI=1S/C15H20ClN5OS/c1-9(2)8-18-14(22)10(3)23-15-20-19-13(21(15)17)11-5-4-6-12(16)7-11/h4-7,9-10H,8,17H2,1-3H3,(H,18,22)/t10-/m0/s1. The first-order chi connectivity index (χ1) is 10.9. The number of rotatable bonds is 6. The number of halogens is 1. The van der Waals surface area contributed by atoms with Crippen LogP contribution in [0.5, 0.6) is 0 Å². The van der Waals surface area contributed by atoms with E-state index in [1.54, 1.807) is 12.1 Å². The molecule has 1 atom stereocenters. The largest absolute Gasteiger partial charge is 0.355 e. The zero-order chi connectivity index (χ0) is 17.0. The van der Waals surface area contributed by atoms with E-state index in [0.717, 1.165) is 5.56 Å². The molecule has 0 aliphatic carbocycles. The van der Waals surface area contributed by atoms with Crippen LogP contribution in [0.2, 0.25) is 5.02 Å². The van der Waals surface area contributed by atoms with Crippen LogP contribution in [0.4, 0.5) is 0 Å². The molecule has 1 amide bonds. The van der Waals surface area contributed by atoms with Gasteiger partial charge in [0.2, 0.25) is 11.1 Å². The second-order valence-electron chi connectivity index (χ2n) is 5.59. The van der Waals surface area contributed by atoms with E-state index < -0.39 is 0 Å². The molecular formula is C15H20ClN5OS. The number of aromatic nitrogens is 3. The topological polar surface area (TPSA) is 85.8 Å². The summed E-state index contributed by atoms with van der Waals surface area (Å²) in [7, 11) is 0. The van der Waals surface area contributed by atoms with Gasteiger partial charge in [-0.1, -0.05) is 49.3 Å². The molecule has 3 N–H and O–H groups in total. The van der Waals surface area contributed by atoms with Gasteiger partial charge in [0.15, 0.2) is 5.82 Å². The average Bonchev–Trinajstić information content (AvgIpc) is 2.85. The Kier molecular flexibility index (Phi) is 5.90. The van der Waals surface area contributed by atoms with Crippen LogP contribution < -0.4 is 11.2 Å². The third-order valence-electron chi connectivity index (χ3n) is 3.08. The third-order valence-corrected chi connectivity index (χ3v) is 4.38. The van der Waals surface area contributed by atoms with Crippen molar-refractivity contribution in [3.8, 4) is 11.4 Å². The van der Waals surface area contributed by atoms with Gasteiger partial charge in [-0.15, -0.1) is 10.2 Å². The van der Waals surface area contributed by atoms with Gasteiger partial charge in [0.1, 0.15) is 0 Å². The summed E-state index contributed by atoms with van der Waals surface area (Å²) in [5.74, 6) is 6.92. The van der Waals surface area contributed by atoms with Crippen LogP contribution in [0.1, 0.15) is 20.8 Å². The quantitative estimate of drug-likeness (QED) is 0.615. The van der Waals surface area contributed by atoms with Crippen LogP contribution in [-0.4, -0.2) is 32.6 Å². The van der Waals surface area contributed by atoms with Crippen molar-refractivity contribution in [2.45, 2.75) is 31.2 Å². The number of hydrogen-bond donors (Lipinski definition) is 2. The molecule has 1 aromatic heterocycles. The molecule has 23 heavy (non-hydrogen) atoms. The van der Waals surface area contributed by atoms with E-state index in [1.807, 2.05) is 32.9 Å². The number of nitrogens with zero attached hydrogens (tertiary/aromatic N) is 3. The molecule has 1 aromatic carbocycles. The Balaban J connectivity index is 2.09. The number of nitrogens with one attached hydrogen (secondary N) is 1. The van der Waals surface area contributed by atoms with Crippen molar-refractivity contribution < 1.29 is 4.79 Å². The van der Waals surface area contributed by atoms with E-state index >= 15 is 0 Å². The lowest BCUT2D eigenvalue weighted by Crippen LogP contribution is -2.33. The van der Waals surface area contributed by atoms with Gasteiger partial charge in [-0.3, -0.25) is 4.79 Å². The number of carbonyl (C=O) groups excluding carboxylic acids is 1. The summed E-state index contributed by atoms with van der Waals surface area (Å²) in [4.78, 5) is 12.0. The Hall–Kier alpha value is -1.73. The summed E-state index contributed by atoms with van der Waals surface area (Å²) in [5, 5.41) is 11.8. The van der Waals surface area contributed by atoms with Gasteiger partial charge < -0.3 is 11.2 Å². The Morgan fingerprint density at radius 3 is 2.78 bits per heavy atom. The summed E-state index contributed by atoms with van der Waals surface area (Å²) >= 11 is 7.25. The number of thioether (sulfide) groups is 1. The molecule has 0 saturated heterocycles. The maximum absolute atomic E-state index is 12.0. The molecule has 0 aliphatic rings. The van der Waals surface area contributed by atoms with E-state index in [-0.39, 0.29) is 11.2 Å². The molecule has 0 radical (unpaired) electrons. The van der Waals surface area contributed by atoms with E-state index in [4.69, 9.17) is 17.4 Å². The number of nitrogen functional groups attached to an aromatic ring is 1. The number of nitrogens with two attached hydrogens (primary N) is 1. The van der Waals surface area contributed by atoms with Gasteiger partial charge in [-0.25, -0.2) is 4.68 Å². The van der Waals surface area contributed by atoms with Gasteiger partial charge in [-0.05, 0) is 25.0 Å². The highest BCUT2D eigenvalue weighted by atomic mass is 35.5. The van der Waals surface area contributed by atoms with Crippen molar-refractivity contribution >= 4 is 29.3 Å². The molecule has 6 nitrogen and oxygen atoms in total. The van der Waals surface area contributed by atoms with Gasteiger partial charge in [0.25, 0.3) is 0 Å². The van der Waals surface area contributed by atoms with E-state index in [0.29, 0.717) is 28.5 Å². The average molecular weight is 354 g/mol. The number of hydrogen-bond acceptors (Lipinski definition) is 5. The summed E-state index contributed by atoms with van der Waals surface area (Å²) in [6, 6.07) is 7.22. The van der Waals surface area contributed by atoms with Gasteiger partial charge in [0, 0.05) is 17.1 Å². The van der Waals surface area contributed by atoms with Crippen molar-refractivity contribution in [2.24, 2.45) is 5.92 Å². The molecule has 0 saturated carbocycles. The van der Waals surface area contributed by atoms with Crippen LogP contribution >= 0.6 is 23.4 Å². The molecule has 124 valence electrons. The summed E-state index contributed by atoms with van der Waals surface area (Å²) in [6.45, 7) is 6.55.